The molecule has 0 aliphatic heterocycles. The fraction of sp³-hybridized carbons (Fsp3) is 0.0411. The lowest BCUT2D eigenvalue weighted by Crippen LogP contribution is -2.26. The highest BCUT2D eigenvalue weighted by Crippen LogP contribution is 2.69. The summed E-state index contributed by atoms with van der Waals surface area (Å²) in [6.45, 7) is 4.53. The molecule has 0 saturated carbocycles. The van der Waals surface area contributed by atoms with E-state index in [9.17, 15) is 0 Å². The summed E-state index contributed by atoms with van der Waals surface area (Å²) in [6, 6.07) is 91.3. The molecule has 1 spiro atoms. The van der Waals surface area contributed by atoms with E-state index in [0.717, 1.165) is 83.2 Å². The highest BCUT2D eigenvalue weighted by Gasteiger charge is 2.55. The van der Waals surface area contributed by atoms with Crippen molar-refractivity contribution in [3.63, 3.8) is 0 Å². The Morgan fingerprint density at radius 3 is 1.45 bits per heavy atom. The average Bonchev–Trinajstić information content (AvgIpc) is 3.97. The Morgan fingerprint density at radius 2 is 0.844 bits per heavy atom. The summed E-state index contributed by atoms with van der Waals surface area (Å²) in [7, 11) is 0. The lowest BCUT2D eigenvalue weighted by molar-refractivity contribution is 0.669. The van der Waals surface area contributed by atoms with E-state index in [-0.39, 0.29) is 0 Å². The van der Waals surface area contributed by atoms with Gasteiger partial charge in [-0.05, 0) is 118 Å². The lowest BCUT2D eigenvalue weighted by atomic mass is 9.69. The van der Waals surface area contributed by atoms with Crippen LogP contribution in [0.15, 0.2) is 258 Å². The molecule has 362 valence electrons. The zero-order valence-electron chi connectivity index (χ0n) is 42.3. The van der Waals surface area contributed by atoms with Crippen molar-refractivity contribution < 1.29 is 8.83 Å². The first-order chi connectivity index (χ1) is 38.0. The lowest BCUT2D eigenvalue weighted by Gasteiger charge is -2.33. The normalized spacial score (nSPS) is 14.2. The fourth-order valence-electron chi connectivity index (χ4n) is 13.2. The first-order valence-corrected chi connectivity index (χ1v) is 27.3. The third-order valence-corrected chi connectivity index (χ3v) is 17.7. The van der Waals surface area contributed by atoms with Crippen molar-refractivity contribution in [3.8, 4) is 65.4 Å². The number of aryl methyl sites for hydroxylation is 2. The smallest absolute Gasteiger partial charge is 0.143 e. The Bertz CT molecular complexity index is 4540. The Morgan fingerprint density at radius 1 is 0.351 bits per heavy atom. The maximum absolute atomic E-state index is 6.59. The molecule has 4 heteroatoms. The molecule has 3 heterocycles. The third kappa shape index (κ3) is 6.37. The van der Waals surface area contributed by atoms with Crippen molar-refractivity contribution in [1.29, 1.82) is 0 Å². The van der Waals surface area contributed by atoms with Gasteiger partial charge in [0, 0.05) is 64.9 Å². The average molecular weight is 1000 g/mol. The molecule has 0 fully saturated rings. The second-order valence-corrected chi connectivity index (χ2v) is 21.8. The first kappa shape index (κ1) is 43.9. The van der Waals surface area contributed by atoms with Crippen LogP contribution >= 0.6 is 11.3 Å². The summed E-state index contributed by atoms with van der Waals surface area (Å²) in [4.78, 5) is 5.10. The molecule has 0 amide bonds. The minimum atomic E-state index is -0.617. The van der Waals surface area contributed by atoms with E-state index < -0.39 is 5.41 Å². The van der Waals surface area contributed by atoms with E-state index in [0.29, 0.717) is 0 Å². The van der Waals surface area contributed by atoms with Crippen LogP contribution in [0, 0.1) is 13.8 Å². The number of rotatable bonds is 7. The summed E-state index contributed by atoms with van der Waals surface area (Å²) in [6.07, 6.45) is 0. The molecule has 14 aromatic rings. The number of thiophene rings is 1. The summed E-state index contributed by atoms with van der Waals surface area (Å²) in [5.74, 6) is 0. The zero-order chi connectivity index (χ0) is 50.9. The van der Waals surface area contributed by atoms with Crippen LogP contribution < -0.4 is 4.90 Å². The van der Waals surface area contributed by atoms with Crippen molar-refractivity contribution in [2.24, 2.45) is 0 Å². The van der Waals surface area contributed by atoms with Gasteiger partial charge in [0.15, 0.2) is 0 Å². The molecule has 0 bridgehead atoms. The number of para-hydroxylation sites is 4. The van der Waals surface area contributed by atoms with Crippen molar-refractivity contribution in [1.82, 2.24) is 0 Å². The van der Waals surface area contributed by atoms with E-state index in [1.54, 1.807) is 0 Å². The SMILES string of the molecule is Cc1ccc2c(c1)C1(c3ccccc3-c3c(-c4ccccc4)sc(-c4ccccc4)c31)c1cc(C)cc(N(c3ccc(-c4cccc5c4oc4ccccc45)cc3)c3ccc(-c4cccc5c4oc4ccccc45)cc3)c1-2. The fourth-order valence-corrected chi connectivity index (χ4v) is 14.5. The van der Waals surface area contributed by atoms with Crippen LogP contribution in [0.4, 0.5) is 17.1 Å². The molecule has 2 aliphatic rings. The quantitative estimate of drug-likeness (QED) is 0.159. The van der Waals surface area contributed by atoms with Gasteiger partial charge in [0.1, 0.15) is 22.3 Å². The molecule has 11 aromatic carbocycles. The molecule has 0 saturated heterocycles. The van der Waals surface area contributed by atoms with Crippen molar-refractivity contribution in [2.75, 3.05) is 4.90 Å². The summed E-state index contributed by atoms with van der Waals surface area (Å²) < 4.78 is 13.2. The predicted octanol–water partition coefficient (Wildman–Crippen LogP) is 20.6. The summed E-state index contributed by atoms with van der Waals surface area (Å²) in [5.41, 5.74) is 25.9. The van der Waals surface area contributed by atoms with Crippen LogP contribution in [0.25, 0.3) is 109 Å². The van der Waals surface area contributed by atoms with Crippen LogP contribution in [-0.4, -0.2) is 0 Å². The van der Waals surface area contributed by atoms with E-state index in [2.05, 4.69) is 255 Å². The molecule has 1 unspecified atom stereocenters. The van der Waals surface area contributed by atoms with Gasteiger partial charge in [-0.3, -0.25) is 0 Å². The topological polar surface area (TPSA) is 29.5 Å². The predicted molar refractivity (Wildman–Crippen MR) is 321 cm³/mol. The monoisotopic (exact) mass is 1000 g/mol. The van der Waals surface area contributed by atoms with Crippen LogP contribution in [0.3, 0.4) is 0 Å². The molecule has 2 aliphatic carbocycles. The van der Waals surface area contributed by atoms with E-state index >= 15 is 0 Å². The number of furan rings is 2. The Kier molecular flexibility index (Phi) is 9.55. The molecular weight excluding hydrogens is 955 g/mol. The van der Waals surface area contributed by atoms with Crippen molar-refractivity contribution in [3.05, 3.63) is 282 Å². The van der Waals surface area contributed by atoms with E-state index in [1.807, 2.05) is 23.5 Å². The maximum atomic E-state index is 6.59. The van der Waals surface area contributed by atoms with Gasteiger partial charge in [-0.1, -0.05) is 212 Å². The van der Waals surface area contributed by atoms with E-state index in [4.69, 9.17) is 8.83 Å². The molecule has 3 nitrogen and oxygen atoms in total. The Hall–Kier alpha value is -9.48. The second kappa shape index (κ2) is 16.8. The number of anilines is 3. The van der Waals surface area contributed by atoms with Crippen molar-refractivity contribution >= 4 is 72.3 Å². The van der Waals surface area contributed by atoms with Crippen LogP contribution in [0.5, 0.6) is 0 Å². The molecule has 3 aromatic heterocycles. The zero-order valence-corrected chi connectivity index (χ0v) is 43.2. The number of hydrogen-bond acceptors (Lipinski definition) is 4. The maximum Gasteiger partial charge on any atom is 0.143 e. The molecule has 16 rings (SSSR count). The molecule has 0 N–H and O–H groups in total. The number of nitrogens with zero attached hydrogens (tertiary/aromatic N) is 1. The highest BCUT2D eigenvalue weighted by molar-refractivity contribution is 7.19. The largest absolute Gasteiger partial charge is 0.455 e. The minimum absolute atomic E-state index is 0.617. The third-order valence-electron chi connectivity index (χ3n) is 16.4. The number of benzene rings is 11. The van der Waals surface area contributed by atoms with Gasteiger partial charge >= 0.3 is 0 Å². The van der Waals surface area contributed by atoms with E-state index in [1.165, 1.54) is 76.5 Å². The van der Waals surface area contributed by atoms with Crippen LogP contribution in [0.1, 0.15) is 33.4 Å². The number of fused-ring (bicyclic) bond motifs is 16. The molecule has 1 atom stereocenters. The standard InChI is InChI=1S/C73H47NO2S/c1-44-31-40-59-61(41-44)73(60-28-12-9-23-58(60)67-68(73)72(49-19-7-4-8-20-49)77-71(67)48-17-5-3-6-18-48)62-42-45(2)43-63(66(59)62)74(50-36-32-46(33-37-50)52-24-15-26-56-54-21-10-13-29-64(54)75-69(52)56)51-38-34-47(35-39-51)53-25-16-27-57-55-22-11-14-30-65(55)76-70(53)57/h3-43H,1-2H3. The van der Waals surface area contributed by atoms with Crippen LogP contribution in [-0.2, 0) is 5.41 Å². The van der Waals surface area contributed by atoms with Gasteiger partial charge in [0.25, 0.3) is 0 Å². The van der Waals surface area contributed by atoms with Crippen LogP contribution in [0.2, 0.25) is 0 Å². The first-order valence-electron chi connectivity index (χ1n) is 26.5. The Balaban J connectivity index is 0.949. The van der Waals surface area contributed by atoms with Gasteiger partial charge in [-0.2, -0.15) is 0 Å². The number of hydrogen-bond donors (Lipinski definition) is 0. The highest BCUT2D eigenvalue weighted by atomic mass is 32.1. The molecule has 0 radical (unpaired) electrons. The van der Waals surface area contributed by atoms with Gasteiger partial charge in [-0.15, -0.1) is 11.3 Å². The van der Waals surface area contributed by atoms with Gasteiger partial charge in [-0.25, -0.2) is 0 Å². The summed E-state index contributed by atoms with van der Waals surface area (Å²) >= 11 is 1.93. The summed E-state index contributed by atoms with van der Waals surface area (Å²) in [5, 5.41) is 4.49. The Labute approximate surface area is 450 Å². The minimum Gasteiger partial charge on any atom is -0.455 e. The van der Waals surface area contributed by atoms with Gasteiger partial charge < -0.3 is 13.7 Å². The van der Waals surface area contributed by atoms with Crippen molar-refractivity contribution in [2.45, 2.75) is 19.3 Å². The molecule has 77 heavy (non-hydrogen) atoms. The molecular formula is C73H47NO2S. The van der Waals surface area contributed by atoms with Gasteiger partial charge in [0.05, 0.1) is 11.1 Å². The second-order valence-electron chi connectivity index (χ2n) is 20.8. The van der Waals surface area contributed by atoms with Gasteiger partial charge in [0.2, 0.25) is 0 Å².